The molecule has 3 atom stereocenters. The minimum Gasteiger partial charge on any atom is -0.378 e. The van der Waals surface area contributed by atoms with Crippen molar-refractivity contribution in [3.8, 4) is 0 Å². The molecule has 20 heavy (non-hydrogen) atoms. The van der Waals surface area contributed by atoms with Crippen LogP contribution in [0.4, 0.5) is 13.2 Å². The summed E-state index contributed by atoms with van der Waals surface area (Å²) < 4.78 is 43.6. The first-order valence-corrected chi connectivity index (χ1v) is 6.95. The van der Waals surface area contributed by atoms with Crippen LogP contribution < -0.4 is 5.73 Å². The van der Waals surface area contributed by atoms with Gasteiger partial charge in [0.1, 0.15) is 0 Å². The lowest BCUT2D eigenvalue weighted by molar-refractivity contribution is -0.137. The van der Waals surface area contributed by atoms with Gasteiger partial charge in [-0.25, -0.2) is 0 Å². The van der Waals surface area contributed by atoms with Crippen molar-refractivity contribution >= 4 is 0 Å². The molecule has 5 heteroatoms. The molecule has 0 saturated carbocycles. The van der Waals surface area contributed by atoms with E-state index < -0.39 is 11.7 Å². The Morgan fingerprint density at radius 2 is 2.15 bits per heavy atom. The van der Waals surface area contributed by atoms with E-state index in [-0.39, 0.29) is 18.1 Å². The zero-order chi connectivity index (χ0) is 14.8. The smallest absolute Gasteiger partial charge is 0.378 e. The van der Waals surface area contributed by atoms with Gasteiger partial charge in [-0.3, -0.25) is 0 Å². The van der Waals surface area contributed by atoms with Gasteiger partial charge < -0.3 is 10.5 Å². The predicted molar refractivity (Wildman–Crippen MR) is 71.3 cm³/mol. The fraction of sp³-hybridized carbons (Fsp3) is 0.600. The Hall–Kier alpha value is -1.07. The summed E-state index contributed by atoms with van der Waals surface area (Å²) in [6, 6.07) is 5.25. The highest BCUT2D eigenvalue weighted by molar-refractivity contribution is 5.26. The maximum Gasteiger partial charge on any atom is 0.416 e. The molecule has 0 amide bonds. The summed E-state index contributed by atoms with van der Waals surface area (Å²) in [5, 5.41) is 0. The molecule has 1 aliphatic heterocycles. The summed E-state index contributed by atoms with van der Waals surface area (Å²) in [6.45, 7) is 2.74. The van der Waals surface area contributed by atoms with Crippen molar-refractivity contribution in [3.63, 3.8) is 0 Å². The summed E-state index contributed by atoms with van der Waals surface area (Å²) in [7, 11) is 0. The maximum absolute atomic E-state index is 12.7. The SMILES string of the molecule is CCC1OCCC1C(N)Cc1cccc(C(F)(F)F)c1. The van der Waals surface area contributed by atoms with Crippen molar-refractivity contribution in [2.75, 3.05) is 6.61 Å². The van der Waals surface area contributed by atoms with Gasteiger partial charge in [-0.05, 0) is 30.9 Å². The number of hydrogen-bond donors (Lipinski definition) is 1. The Bertz CT molecular complexity index is 447. The number of benzene rings is 1. The minimum atomic E-state index is -4.30. The van der Waals surface area contributed by atoms with E-state index in [1.54, 1.807) is 6.07 Å². The van der Waals surface area contributed by atoms with Crippen LogP contribution in [0.3, 0.4) is 0 Å². The quantitative estimate of drug-likeness (QED) is 0.921. The zero-order valence-corrected chi connectivity index (χ0v) is 11.5. The van der Waals surface area contributed by atoms with E-state index in [9.17, 15) is 13.2 Å². The van der Waals surface area contributed by atoms with E-state index in [4.69, 9.17) is 10.5 Å². The lowest BCUT2D eigenvalue weighted by atomic mass is 9.87. The number of nitrogens with two attached hydrogens (primary N) is 1. The topological polar surface area (TPSA) is 35.2 Å². The average molecular weight is 287 g/mol. The first-order valence-electron chi connectivity index (χ1n) is 6.95. The van der Waals surface area contributed by atoms with Gasteiger partial charge in [-0.1, -0.05) is 25.1 Å². The summed E-state index contributed by atoms with van der Waals surface area (Å²) in [4.78, 5) is 0. The number of ether oxygens (including phenoxy) is 1. The van der Waals surface area contributed by atoms with Crippen LogP contribution in [0.25, 0.3) is 0 Å². The summed E-state index contributed by atoms with van der Waals surface area (Å²) in [5.41, 5.74) is 6.19. The minimum absolute atomic E-state index is 0.135. The molecule has 112 valence electrons. The van der Waals surface area contributed by atoms with Gasteiger partial charge in [0.15, 0.2) is 0 Å². The molecule has 0 radical (unpaired) electrons. The van der Waals surface area contributed by atoms with Gasteiger partial charge in [-0.15, -0.1) is 0 Å². The molecule has 3 unspecified atom stereocenters. The lowest BCUT2D eigenvalue weighted by Crippen LogP contribution is -2.37. The highest BCUT2D eigenvalue weighted by Gasteiger charge is 2.33. The van der Waals surface area contributed by atoms with Crippen LogP contribution in [-0.4, -0.2) is 18.8 Å². The van der Waals surface area contributed by atoms with Crippen molar-refractivity contribution < 1.29 is 17.9 Å². The molecule has 1 heterocycles. The lowest BCUT2D eigenvalue weighted by Gasteiger charge is -2.24. The number of halogens is 3. The Morgan fingerprint density at radius 3 is 2.80 bits per heavy atom. The van der Waals surface area contributed by atoms with E-state index >= 15 is 0 Å². The molecule has 0 bridgehead atoms. The number of rotatable bonds is 4. The van der Waals surface area contributed by atoms with Crippen molar-refractivity contribution in [2.45, 2.75) is 44.5 Å². The fourth-order valence-corrected chi connectivity index (χ4v) is 2.87. The summed E-state index contributed by atoms with van der Waals surface area (Å²) in [6.07, 6.45) is -1.94. The summed E-state index contributed by atoms with van der Waals surface area (Å²) in [5.74, 6) is 0.231. The van der Waals surface area contributed by atoms with E-state index in [2.05, 4.69) is 0 Å². The highest BCUT2D eigenvalue weighted by Crippen LogP contribution is 2.31. The van der Waals surface area contributed by atoms with Crippen LogP contribution in [0.5, 0.6) is 0 Å². The van der Waals surface area contributed by atoms with Crippen molar-refractivity contribution in [3.05, 3.63) is 35.4 Å². The van der Waals surface area contributed by atoms with Crippen LogP contribution in [0.15, 0.2) is 24.3 Å². The zero-order valence-electron chi connectivity index (χ0n) is 11.5. The van der Waals surface area contributed by atoms with Gasteiger partial charge >= 0.3 is 6.18 Å². The molecular weight excluding hydrogens is 267 g/mol. The van der Waals surface area contributed by atoms with Crippen LogP contribution in [-0.2, 0) is 17.3 Å². The van der Waals surface area contributed by atoms with Gasteiger partial charge in [-0.2, -0.15) is 13.2 Å². The third kappa shape index (κ3) is 3.52. The second-order valence-electron chi connectivity index (χ2n) is 5.34. The molecule has 1 saturated heterocycles. The normalized spacial score (nSPS) is 24.9. The molecule has 2 rings (SSSR count). The number of hydrogen-bond acceptors (Lipinski definition) is 2. The molecule has 1 aromatic rings. The van der Waals surface area contributed by atoms with Gasteiger partial charge in [0.05, 0.1) is 11.7 Å². The molecule has 0 spiro atoms. The molecule has 1 aliphatic rings. The molecule has 1 fully saturated rings. The molecule has 2 N–H and O–H groups in total. The van der Waals surface area contributed by atoms with E-state index in [0.717, 1.165) is 18.9 Å². The largest absolute Gasteiger partial charge is 0.416 e. The van der Waals surface area contributed by atoms with Crippen molar-refractivity contribution in [1.82, 2.24) is 0 Å². The van der Waals surface area contributed by atoms with Crippen LogP contribution in [0.1, 0.15) is 30.9 Å². The predicted octanol–water partition coefficient (Wildman–Crippen LogP) is 3.39. The Kier molecular flexibility index (Phi) is 4.70. The van der Waals surface area contributed by atoms with Crippen LogP contribution in [0.2, 0.25) is 0 Å². The summed E-state index contributed by atoms with van der Waals surface area (Å²) >= 11 is 0. The maximum atomic E-state index is 12.7. The van der Waals surface area contributed by atoms with Crippen LogP contribution in [0, 0.1) is 5.92 Å². The standard InChI is InChI=1S/C15H20F3NO/c1-2-14-12(6-7-20-14)13(19)9-10-4-3-5-11(8-10)15(16,17)18/h3-5,8,12-14H,2,6-7,9,19H2,1H3. The molecule has 1 aromatic carbocycles. The third-order valence-electron chi connectivity index (χ3n) is 3.94. The fourth-order valence-electron chi connectivity index (χ4n) is 2.87. The first kappa shape index (κ1) is 15.3. The second-order valence-corrected chi connectivity index (χ2v) is 5.34. The third-order valence-corrected chi connectivity index (χ3v) is 3.94. The average Bonchev–Trinajstić information content (AvgIpc) is 2.86. The molecular formula is C15H20F3NO. The van der Waals surface area contributed by atoms with Crippen LogP contribution >= 0.6 is 0 Å². The van der Waals surface area contributed by atoms with E-state index in [0.29, 0.717) is 18.6 Å². The Labute approximate surface area is 117 Å². The monoisotopic (exact) mass is 287 g/mol. The Balaban J connectivity index is 2.06. The first-order chi connectivity index (χ1) is 9.41. The Morgan fingerprint density at radius 1 is 1.40 bits per heavy atom. The molecule has 0 aliphatic carbocycles. The van der Waals surface area contributed by atoms with Gasteiger partial charge in [0, 0.05) is 18.6 Å². The second kappa shape index (κ2) is 6.14. The van der Waals surface area contributed by atoms with Crippen molar-refractivity contribution in [1.29, 1.82) is 0 Å². The van der Waals surface area contributed by atoms with Crippen molar-refractivity contribution in [2.24, 2.45) is 11.7 Å². The van der Waals surface area contributed by atoms with Gasteiger partial charge in [0.25, 0.3) is 0 Å². The molecule has 0 aromatic heterocycles. The van der Waals surface area contributed by atoms with E-state index in [1.165, 1.54) is 12.1 Å². The van der Waals surface area contributed by atoms with Gasteiger partial charge in [0.2, 0.25) is 0 Å². The molecule has 2 nitrogen and oxygen atoms in total. The number of alkyl halides is 3. The highest BCUT2D eigenvalue weighted by atomic mass is 19.4. The van der Waals surface area contributed by atoms with E-state index in [1.807, 2.05) is 6.92 Å².